The molecule has 0 bridgehead atoms. The van der Waals surface area contributed by atoms with Crippen LogP contribution in [0.5, 0.6) is 0 Å². The fourth-order valence-corrected chi connectivity index (χ4v) is 3.96. The number of allylic oxidation sites excluding steroid dienone is 1. The first-order valence-electron chi connectivity index (χ1n) is 9.27. The van der Waals surface area contributed by atoms with Crippen LogP contribution < -0.4 is 0 Å². The zero-order chi connectivity index (χ0) is 15.9. The summed E-state index contributed by atoms with van der Waals surface area (Å²) in [6.07, 6.45) is 10.9. The molecule has 0 radical (unpaired) electrons. The zero-order valence-corrected chi connectivity index (χ0v) is 14.9. The van der Waals surface area contributed by atoms with Crippen LogP contribution in [0.15, 0.2) is 36.4 Å². The summed E-state index contributed by atoms with van der Waals surface area (Å²) in [4.78, 5) is 0. The minimum atomic E-state index is 0.688. The van der Waals surface area contributed by atoms with Gasteiger partial charge in [-0.3, -0.25) is 0 Å². The van der Waals surface area contributed by atoms with E-state index in [0.717, 1.165) is 11.8 Å². The maximum Gasteiger partial charge on any atom is -0.0188 e. The molecule has 1 aliphatic carbocycles. The molecule has 1 fully saturated rings. The second-order valence-electron chi connectivity index (χ2n) is 7.78. The average Bonchev–Trinajstić information content (AvgIpc) is 2.49. The van der Waals surface area contributed by atoms with E-state index in [9.17, 15) is 0 Å². The number of rotatable bonds is 7. The molecule has 0 heteroatoms. The number of hydrogen-bond acceptors (Lipinski definition) is 0. The SMILES string of the molecule is C=C1CCC(CCCC(C)CC(C)c2cccc(C)c2)CC1. The van der Waals surface area contributed by atoms with Gasteiger partial charge >= 0.3 is 0 Å². The Morgan fingerprint density at radius 2 is 1.91 bits per heavy atom. The van der Waals surface area contributed by atoms with E-state index in [0.29, 0.717) is 5.92 Å². The van der Waals surface area contributed by atoms with E-state index in [4.69, 9.17) is 0 Å². The highest BCUT2D eigenvalue weighted by Crippen LogP contribution is 2.32. The predicted molar refractivity (Wildman–Crippen MR) is 98.3 cm³/mol. The summed E-state index contributed by atoms with van der Waals surface area (Å²) >= 11 is 0. The molecular formula is C22H34. The van der Waals surface area contributed by atoms with Crippen LogP contribution in [-0.2, 0) is 0 Å². The van der Waals surface area contributed by atoms with Crippen molar-refractivity contribution in [2.75, 3.05) is 0 Å². The molecule has 2 rings (SSSR count). The van der Waals surface area contributed by atoms with Crippen molar-refractivity contribution < 1.29 is 0 Å². The maximum absolute atomic E-state index is 4.12. The predicted octanol–water partition coefficient (Wildman–Crippen LogP) is 7.04. The van der Waals surface area contributed by atoms with Crippen molar-refractivity contribution in [3.05, 3.63) is 47.5 Å². The lowest BCUT2D eigenvalue weighted by molar-refractivity contribution is 0.347. The number of aryl methyl sites for hydroxylation is 1. The molecule has 0 aromatic heterocycles. The molecule has 0 heterocycles. The standard InChI is InChI=1S/C22H34/c1-17-11-13-21(14-12-17)9-5-7-18(2)15-20(4)22-10-6-8-19(3)16-22/h6,8,10,16,18,20-21H,1,5,7,9,11-15H2,2-4H3. The van der Waals surface area contributed by atoms with Gasteiger partial charge in [0.2, 0.25) is 0 Å². The van der Waals surface area contributed by atoms with Gasteiger partial charge < -0.3 is 0 Å². The highest BCUT2D eigenvalue weighted by Gasteiger charge is 2.16. The smallest absolute Gasteiger partial charge is 0.0188 e. The van der Waals surface area contributed by atoms with Crippen molar-refractivity contribution in [2.45, 2.75) is 78.1 Å². The molecule has 1 saturated carbocycles. The normalized spacial score (nSPS) is 19.1. The quantitative estimate of drug-likeness (QED) is 0.473. The summed E-state index contributed by atoms with van der Waals surface area (Å²) < 4.78 is 0. The van der Waals surface area contributed by atoms with E-state index in [1.54, 1.807) is 0 Å². The lowest BCUT2D eigenvalue weighted by Crippen LogP contribution is -2.09. The van der Waals surface area contributed by atoms with Crippen LogP contribution in [0, 0.1) is 18.8 Å². The first-order valence-corrected chi connectivity index (χ1v) is 9.27. The topological polar surface area (TPSA) is 0 Å². The molecule has 0 aliphatic heterocycles. The van der Waals surface area contributed by atoms with Crippen LogP contribution in [0.4, 0.5) is 0 Å². The second-order valence-corrected chi connectivity index (χ2v) is 7.78. The summed E-state index contributed by atoms with van der Waals surface area (Å²) in [7, 11) is 0. The third-order valence-corrected chi connectivity index (χ3v) is 5.49. The monoisotopic (exact) mass is 298 g/mol. The molecule has 0 N–H and O–H groups in total. The molecule has 2 unspecified atom stereocenters. The minimum absolute atomic E-state index is 0.688. The highest BCUT2D eigenvalue weighted by atomic mass is 14.2. The van der Waals surface area contributed by atoms with Gasteiger partial charge in [-0.05, 0) is 62.3 Å². The van der Waals surface area contributed by atoms with E-state index < -0.39 is 0 Å². The summed E-state index contributed by atoms with van der Waals surface area (Å²) in [5.74, 6) is 2.51. The van der Waals surface area contributed by atoms with E-state index in [2.05, 4.69) is 51.6 Å². The Morgan fingerprint density at radius 3 is 2.59 bits per heavy atom. The fraction of sp³-hybridized carbons (Fsp3) is 0.636. The third kappa shape index (κ3) is 5.63. The number of hydrogen-bond donors (Lipinski definition) is 0. The van der Waals surface area contributed by atoms with Crippen LogP contribution in [0.25, 0.3) is 0 Å². The Hall–Kier alpha value is -1.04. The van der Waals surface area contributed by atoms with Crippen molar-refractivity contribution in [2.24, 2.45) is 11.8 Å². The minimum Gasteiger partial charge on any atom is -0.0999 e. The van der Waals surface area contributed by atoms with Gasteiger partial charge in [0.05, 0.1) is 0 Å². The largest absolute Gasteiger partial charge is 0.0999 e. The van der Waals surface area contributed by atoms with Gasteiger partial charge in [0.25, 0.3) is 0 Å². The Morgan fingerprint density at radius 1 is 1.18 bits per heavy atom. The van der Waals surface area contributed by atoms with E-state index in [1.807, 2.05) is 0 Å². The van der Waals surface area contributed by atoms with Gasteiger partial charge in [0.1, 0.15) is 0 Å². The van der Waals surface area contributed by atoms with Crippen molar-refractivity contribution in [1.29, 1.82) is 0 Å². The van der Waals surface area contributed by atoms with Crippen molar-refractivity contribution in [1.82, 2.24) is 0 Å². The lowest BCUT2D eigenvalue weighted by Gasteiger charge is -2.24. The summed E-state index contributed by atoms with van der Waals surface area (Å²) in [5, 5.41) is 0. The molecule has 22 heavy (non-hydrogen) atoms. The van der Waals surface area contributed by atoms with Crippen LogP contribution in [0.1, 0.15) is 82.3 Å². The summed E-state index contributed by atoms with van der Waals surface area (Å²) in [6.45, 7) is 11.1. The molecule has 1 aliphatic rings. The maximum atomic E-state index is 4.12. The molecule has 1 aromatic carbocycles. The Balaban J connectivity index is 1.67. The Labute approximate surface area is 138 Å². The van der Waals surface area contributed by atoms with Crippen LogP contribution in [0.2, 0.25) is 0 Å². The van der Waals surface area contributed by atoms with Crippen molar-refractivity contribution in [3.8, 4) is 0 Å². The molecule has 122 valence electrons. The van der Waals surface area contributed by atoms with E-state index >= 15 is 0 Å². The van der Waals surface area contributed by atoms with E-state index in [1.165, 1.54) is 68.1 Å². The first-order chi connectivity index (χ1) is 10.5. The Bertz CT molecular complexity index is 461. The number of benzene rings is 1. The molecule has 0 amide bonds. The first kappa shape index (κ1) is 17.3. The third-order valence-electron chi connectivity index (χ3n) is 5.49. The molecule has 0 nitrogen and oxygen atoms in total. The highest BCUT2D eigenvalue weighted by molar-refractivity contribution is 5.24. The lowest BCUT2D eigenvalue weighted by atomic mass is 9.82. The summed E-state index contributed by atoms with van der Waals surface area (Å²) in [5.41, 5.74) is 4.38. The van der Waals surface area contributed by atoms with Gasteiger partial charge in [0.15, 0.2) is 0 Å². The van der Waals surface area contributed by atoms with Crippen LogP contribution in [0.3, 0.4) is 0 Å². The van der Waals surface area contributed by atoms with Crippen molar-refractivity contribution >= 4 is 0 Å². The van der Waals surface area contributed by atoms with Gasteiger partial charge in [-0.2, -0.15) is 0 Å². The van der Waals surface area contributed by atoms with Gasteiger partial charge in [-0.1, -0.05) is 75.1 Å². The zero-order valence-electron chi connectivity index (χ0n) is 14.9. The van der Waals surface area contributed by atoms with E-state index in [-0.39, 0.29) is 0 Å². The van der Waals surface area contributed by atoms with Crippen molar-refractivity contribution in [3.63, 3.8) is 0 Å². The molecule has 0 saturated heterocycles. The van der Waals surface area contributed by atoms with Crippen LogP contribution >= 0.6 is 0 Å². The van der Waals surface area contributed by atoms with Gasteiger partial charge in [-0.15, -0.1) is 0 Å². The van der Waals surface area contributed by atoms with Gasteiger partial charge in [-0.25, -0.2) is 0 Å². The molecule has 2 atom stereocenters. The molecule has 0 spiro atoms. The fourth-order valence-electron chi connectivity index (χ4n) is 3.96. The van der Waals surface area contributed by atoms with Gasteiger partial charge in [0, 0.05) is 0 Å². The molecular weight excluding hydrogens is 264 g/mol. The summed E-state index contributed by atoms with van der Waals surface area (Å²) in [6, 6.07) is 9.03. The Kier molecular flexibility index (Phi) is 6.73. The second kappa shape index (κ2) is 8.56. The average molecular weight is 299 g/mol. The molecule has 1 aromatic rings. The van der Waals surface area contributed by atoms with Crippen LogP contribution in [-0.4, -0.2) is 0 Å².